The largest absolute Gasteiger partial charge is 0.319 e. The summed E-state index contributed by atoms with van der Waals surface area (Å²) in [5, 5.41) is -0.0770. The second-order valence-corrected chi connectivity index (χ2v) is 6.74. The molecule has 1 N–H and O–H groups in total. The van der Waals surface area contributed by atoms with E-state index in [4.69, 9.17) is 11.6 Å². The molecule has 0 bridgehead atoms. The molecule has 0 fully saturated rings. The summed E-state index contributed by atoms with van der Waals surface area (Å²) < 4.78 is 14.3. The summed E-state index contributed by atoms with van der Waals surface area (Å²) in [4.78, 5) is 24.6. The van der Waals surface area contributed by atoms with Crippen molar-refractivity contribution in [3.63, 3.8) is 0 Å². The first kappa shape index (κ1) is 15.9. The number of benzene rings is 1. The lowest BCUT2D eigenvalue weighted by atomic mass is 10.0. The Balaban J connectivity index is 2.04. The fraction of sp³-hybridized carbons (Fsp3) is 0.0556. The summed E-state index contributed by atoms with van der Waals surface area (Å²) in [5.74, 6) is -0.458. The van der Waals surface area contributed by atoms with Gasteiger partial charge in [-0.1, -0.05) is 29.8 Å². The second kappa shape index (κ2) is 6.06. The molecule has 25 heavy (non-hydrogen) atoms. The average molecular weight is 372 g/mol. The molecule has 0 saturated heterocycles. The van der Waals surface area contributed by atoms with E-state index in [1.54, 1.807) is 29.9 Å². The average Bonchev–Trinajstić information content (AvgIpc) is 3.03. The van der Waals surface area contributed by atoms with Crippen molar-refractivity contribution in [2.45, 2.75) is 6.92 Å². The van der Waals surface area contributed by atoms with Gasteiger partial charge >= 0.3 is 0 Å². The van der Waals surface area contributed by atoms with Gasteiger partial charge in [0.05, 0.1) is 27.1 Å². The van der Waals surface area contributed by atoms with Gasteiger partial charge in [-0.15, -0.1) is 11.3 Å². The lowest BCUT2D eigenvalue weighted by molar-refractivity contribution is 0.631. The Labute approximate surface area is 151 Å². The minimum Gasteiger partial charge on any atom is -0.319 e. The highest BCUT2D eigenvalue weighted by Gasteiger charge is 2.18. The molecular formula is C18H11ClFN3OS. The summed E-state index contributed by atoms with van der Waals surface area (Å²) in [6.45, 7) is 1.91. The minimum atomic E-state index is -0.479. The smallest absolute Gasteiger partial charge is 0.267 e. The number of aromatic amines is 1. The molecule has 1 aromatic carbocycles. The molecule has 124 valence electrons. The Hall–Kier alpha value is -2.57. The van der Waals surface area contributed by atoms with Crippen LogP contribution in [-0.2, 0) is 0 Å². The van der Waals surface area contributed by atoms with Gasteiger partial charge in [-0.25, -0.2) is 9.37 Å². The number of hydrogen-bond acceptors (Lipinski definition) is 4. The third kappa shape index (κ3) is 2.63. The van der Waals surface area contributed by atoms with Crippen molar-refractivity contribution in [2.75, 3.05) is 0 Å². The van der Waals surface area contributed by atoms with Crippen molar-refractivity contribution in [2.24, 2.45) is 0 Å². The molecule has 4 rings (SSSR count). The first-order chi connectivity index (χ1) is 12.1. The van der Waals surface area contributed by atoms with Gasteiger partial charge < -0.3 is 4.98 Å². The zero-order valence-electron chi connectivity index (χ0n) is 13.0. The van der Waals surface area contributed by atoms with E-state index in [1.807, 2.05) is 13.0 Å². The molecule has 4 aromatic rings. The molecule has 0 amide bonds. The Morgan fingerprint density at radius 2 is 2.04 bits per heavy atom. The van der Waals surface area contributed by atoms with Crippen LogP contribution in [0.4, 0.5) is 4.39 Å². The first-order valence-corrected chi connectivity index (χ1v) is 8.69. The number of hydrogen-bond donors (Lipinski definition) is 1. The fourth-order valence-corrected chi connectivity index (χ4v) is 3.79. The Bertz CT molecular complexity index is 1170. The van der Waals surface area contributed by atoms with E-state index in [9.17, 15) is 9.18 Å². The third-order valence-corrected chi connectivity index (χ3v) is 5.28. The number of halogens is 2. The fourth-order valence-electron chi connectivity index (χ4n) is 2.77. The summed E-state index contributed by atoms with van der Waals surface area (Å²) in [6.07, 6.45) is 1.68. The van der Waals surface area contributed by atoms with Gasteiger partial charge in [0.1, 0.15) is 10.8 Å². The molecule has 4 nitrogen and oxygen atoms in total. The van der Waals surface area contributed by atoms with Gasteiger partial charge in [0, 0.05) is 22.9 Å². The summed E-state index contributed by atoms with van der Waals surface area (Å²) in [5.41, 5.74) is 4.49. The van der Waals surface area contributed by atoms with Crippen molar-refractivity contribution in [1.29, 1.82) is 0 Å². The summed E-state index contributed by atoms with van der Waals surface area (Å²) >= 11 is 7.68. The predicted molar refractivity (Wildman–Crippen MR) is 98.6 cm³/mol. The molecule has 0 atom stereocenters. The van der Waals surface area contributed by atoms with Crippen LogP contribution in [0.25, 0.3) is 32.6 Å². The monoisotopic (exact) mass is 371 g/mol. The molecular weight excluding hydrogens is 361 g/mol. The highest BCUT2D eigenvalue weighted by Crippen LogP contribution is 2.35. The zero-order valence-corrected chi connectivity index (χ0v) is 14.6. The van der Waals surface area contributed by atoms with Crippen molar-refractivity contribution in [1.82, 2.24) is 15.0 Å². The molecule has 0 aliphatic rings. The van der Waals surface area contributed by atoms with E-state index in [0.29, 0.717) is 16.6 Å². The number of aryl methyl sites for hydroxylation is 1. The van der Waals surface area contributed by atoms with Gasteiger partial charge in [0.2, 0.25) is 0 Å². The van der Waals surface area contributed by atoms with Crippen molar-refractivity contribution >= 4 is 34.0 Å². The van der Waals surface area contributed by atoms with Crippen LogP contribution in [0.15, 0.2) is 46.8 Å². The Morgan fingerprint density at radius 1 is 1.24 bits per heavy atom. The van der Waals surface area contributed by atoms with Crippen LogP contribution in [0, 0.1) is 12.7 Å². The van der Waals surface area contributed by atoms with E-state index in [2.05, 4.69) is 15.0 Å². The SMILES string of the molecule is Cc1ncsc1-c1cnc2c(-c3ccccc3F)c(Cl)c(=O)[nH]c2c1. The topological polar surface area (TPSA) is 58.6 Å². The number of thiazole rings is 1. The number of H-pyrrole nitrogens is 1. The molecule has 0 aliphatic carbocycles. The van der Waals surface area contributed by atoms with E-state index in [1.165, 1.54) is 17.4 Å². The maximum atomic E-state index is 14.3. The molecule has 0 aliphatic heterocycles. The van der Waals surface area contributed by atoms with Crippen LogP contribution < -0.4 is 5.56 Å². The van der Waals surface area contributed by atoms with Crippen LogP contribution in [-0.4, -0.2) is 15.0 Å². The number of nitrogens with zero attached hydrogens (tertiary/aromatic N) is 2. The number of aromatic nitrogens is 3. The third-order valence-electron chi connectivity index (χ3n) is 3.94. The highest BCUT2D eigenvalue weighted by molar-refractivity contribution is 7.13. The molecule has 0 radical (unpaired) electrons. The van der Waals surface area contributed by atoms with Crippen molar-refractivity contribution in [3.05, 3.63) is 68.9 Å². The van der Waals surface area contributed by atoms with Gasteiger partial charge in [-0.2, -0.15) is 0 Å². The van der Waals surface area contributed by atoms with Crippen LogP contribution >= 0.6 is 22.9 Å². The van der Waals surface area contributed by atoms with Crippen molar-refractivity contribution < 1.29 is 4.39 Å². The van der Waals surface area contributed by atoms with E-state index in [0.717, 1.165) is 16.1 Å². The lowest BCUT2D eigenvalue weighted by Crippen LogP contribution is -2.09. The number of nitrogens with one attached hydrogen (secondary N) is 1. The predicted octanol–water partition coefficient (Wildman–Crippen LogP) is 4.81. The normalized spacial score (nSPS) is 11.2. The number of fused-ring (bicyclic) bond motifs is 1. The van der Waals surface area contributed by atoms with E-state index < -0.39 is 11.4 Å². The van der Waals surface area contributed by atoms with Gasteiger partial charge in [0.25, 0.3) is 5.56 Å². The molecule has 0 unspecified atom stereocenters. The number of rotatable bonds is 2. The standard InChI is InChI=1S/C18H11ClFN3OS/c1-9-17(25-8-22-9)10-6-13-16(21-7-10)14(15(19)18(24)23-13)11-4-2-3-5-12(11)20/h2-8H,1H3,(H,23,24). The van der Waals surface area contributed by atoms with Crippen LogP contribution in [0.2, 0.25) is 5.02 Å². The van der Waals surface area contributed by atoms with Crippen LogP contribution in [0.1, 0.15) is 5.69 Å². The molecule has 7 heteroatoms. The van der Waals surface area contributed by atoms with Gasteiger partial charge in [-0.3, -0.25) is 9.78 Å². The Morgan fingerprint density at radius 3 is 2.76 bits per heavy atom. The van der Waals surface area contributed by atoms with E-state index in [-0.39, 0.29) is 10.6 Å². The zero-order chi connectivity index (χ0) is 17.6. The summed E-state index contributed by atoms with van der Waals surface area (Å²) in [6, 6.07) is 7.99. The second-order valence-electron chi connectivity index (χ2n) is 5.51. The quantitative estimate of drug-likeness (QED) is 0.549. The van der Waals surface area contributed by atoms with Gasteiger partial charge in [-0.05, 0) is 19.1 Å². The number of pyridine rings is 2. The van der Waals surface area contributed by atoms with Crippen molar-refractivity contribution in [3.8, 4) is 21.6 Å². The lowest BCUT2D eigenvalue weighted by Gasteiger charge is -2.10. The van der Waals surface area contributed by atoms with E-state index >= 15 is 0 Å². The first-order valence-electron chi connectivity index (χ1n) is 7.43. The molecule has 3 heterocycles. The molecule has 0 saturated carbocycles. The van der Waals surface area contributed by atoms with Gasteiger partial charge in [0.15, 0.2) is 0 Å². The maximum Gasteiger partial charge on any atom is 0.267 e. The van der Waals surface area contributed by atoms with Crippen LogP contribution in [0.5, 0.6) is 0 Å². The molecule has 3 aromatic heterocycles. The maximum absolute atomic E-state index is 14.3. The minimum absolute atomic E-state index is 0.0770. The summed E-state index contributed by atoms with van der Waals surface area (Å²) in [7, 11) is 0. The van der Waals surface area contributed by atoms with Crippen LogP contribution in [0.3, 0.4) is 0 Å². The molecule has 0 spiro atoms. The Kier molecular flexibility index (Phi) is 3.86. The highest BCUT2D eigenvalue weighted by atomic mass is 35.5.